The summed E-state index contributed by atoms with van der Waals surface area (Å²) in [6.45, 7) is 5.58. The summed E-state index contributed by atoms with van der Waals surface area (Å²) in [5.74, 6) is -10.3. The predicted molar refractivity (Wildman–Crippen MR) is 135 cm³/mol. The van der Waals surface area contributed by atoms with Crippen LogP contribution in [-0.2, 0) is 9.47 Å². The third kappa shape index (κ3) is 4.60. The molecule has 6 rings (SSSR count). The summed E-state index contributed by atoms with van der Waals surface area (Å²) >= 11 is 0. The molecule has 3 atom stereocenters. The molecule has 214 valence electrons. The van der Waals surface area contributed by atoms with E-state index < -0.39 is 35.2 Å². The number of alkyl halides is 4. The van der Waals surface area contributed by atoms with Crippen LogP contribution in [0.5, 0.6) is 11.5 Å². The summed E-state index contributed by atoms with van der Waals surface area (Å²) < 4.78 is 93.7. The molecular formula is C28H28F5N3O4. The van der Waals surface area contributed by atoms with Crippen molar-refractivity contribution in [3.63, 3.8) is 0 Å². The van der Waals surface area contributed by atoms with Gasteiger partial charge in [-0.3, -0.25) is 0 Å². The number of fused-ring (bicyclic) bond motifs is 2. The van der Waals surface area contributed by atoms with Crippen LogP contribution in [0.25, 0.3) is 10.9 Å². The van der Waals surface area contributed by atoms with Gasteiger partial charge in [-0.05, 0) is 26.3 Å². The van der Waals surface area contributed by atoms with Crippen LogP contribution < -0.4 is 14.8 Å². The summed E-state index contributed by atoms with van der Waals surface area (Å²) in [5.41, 5.74) is -0.213. The first-order chi connectivity index (χ1) is 19.1. The first kappa shape index (κ1) is 26.9. The molecular weight excluding hydrogens is 537 g/mol. The molecule has 0 spiro atoms. The maximum atomic E-state index is 15.3. The fourth-order valence-electron chi connectivity index (χ4n) is 5.39. The summed E-state index contributed by atoms with van der Waals surface area (Å²) in [7, 11) is 0. The van der Waals surface area contributed by atoms with Crippen molar-refractivity contribution in [2.45, 2.75) is 50.2 Å². The highest BCUT2D eigenvalue weighted by molar-refractivity contribution is 5.92. The van der Waals surface area contributed by atoms with Gasteiger partial charge in [0.15, 0.2) is 11.5 Å². The molecule has 1 aromatic heterocycles. The molecule has 1 N–H and O–H groups in total. The Hall–Kier alpha value is -3.25. The molecule has 1 aliphatic carbocycles. The number of nitrogens with one attached hydrogen (secondary N) is 1. The van der Waals surface area contributed by atoms with Gasteiger partial charge in [0.25, 0.3) is 0 Å². The van der Waals surface area contributed by atoms with Crippen molar-refractivity contribution >= 4 is 16.7 Å². The van der Waals surface area contributed by atoms with Crippen molar-refractivity contribution in [2.75, 3.05) is 38.4 Å². The Labute approximate surface area is 227 Å². The average Bonchev–Trinajstić information content (AvgIpc) is 3.28. The Morgan fingerprint density at radius 1 is 0.975 bits per heavy atom. The molecule has 3 aliphatic rings. The molecule has 0 amide bonds. The zero-order valence-corrected chi connectivity index (χ0v) is 21.9. The van der Waals surface area contributed by atoms with Crippen molar-refractivity contribution in [1.29, 1.82) is 0 Å². The minimum atomic E-state index is -4.28. The summed E-state index contributed by atoms with van der Waals surface area (Å²) in [4.78, 5) is 9.01. The molecule has 3 aromatic rings. The van der Waals surface area contributed by atoms with Crippen molar-refractivity contribution in [1.82, 2.24) is 9.97 Å². The lowest BCUT2D eigenvalue weighted by molar-refractivity contribution is -0.0278. The first-order valence-corrected chi connectivity index (χ1v) is 13.2. The lowest BCUT2D eigenvalue weighted by Crippen LogP contribution is -2.32. The van der Waals surface area contributed by atoms with Gasteiger partial charge in [-0.15, -0.1) is 0 Å². The second-order valence-corrected chi connectivity index (χ2v) is 10.4. The van der Waals surface area contributed by atoms with Gasteiger partial charge in [0.1, 0.15) is 36.1 Å². The monoisotopic (exact) mass is 565 g/mol. The lowest BCUT2D eigenvalue weighted by atomic mass is 10.0. The number of rotatable bonds is 5. The fraction of sp³-hybridized carbons (Fsp3) is 0.500. The summed E-state index contributed by atoms with van der Waals surface area (Å²) in [6, 6.07) is 6.31. The lowest BCUT2D eigenvalue weighted by Gasteiger charge is -2.24. The molecule has 2 fully saturated rings. The highest BCUT2D eigenvalue weighted by Gasteiger charge is 2.86. The largest absolute Gasteiger partial charge is 0.487 e. The van der Waals surface area contributed by atoms with Gasteiger partial charge in [-0.1, -0.05) is 18.2 Å². The normalized spacial score (nSPS) is 24.7. The van der Waals surface area contributed by atoms with Crippen molar-refractivity contribution in [3.05, 3.63) is 53.1 Å². The van der Waals surface area contributed by atoms with E-state index >= 15 is 4.39 Å². The van der Waals surface area contributed by atoms with Crippen molar-refractivity contribution in [2.24, 2.45) is 5.92 Å². The van der Waals surface area contributed by atoms with E-state index in [0.717, 1.165) is 12.5 Å². The van der Waals surface area contributed by atoms with E-state index in [1.165, 1.54) is 12.1 Å². The molecule has 0 bridgehead atoms. The second kappa shape index (κ2) is 9.99. The second-order valence-electron chi connectivity index (χ2n) is 10.4. The Bertz CT molecular complexity index is 1420. The maximum Gasteiger partial charge on any atom is 0.323 e. The molecule has 0 radical (unpaired) electrons. The highest BCUT2D eigenvalue weighted by atomic mass is 19.3. The van der Waals surface area contributed by atoms with Gasteiger partial charge in [-0.2, -0.15) is 17.6 Å². The van der Waals surface area contributed by atoms with Gasteiger partial charge < -0.3 is 24.3 Å². The number of aryl methyl sites for hydroxylation is 1. The van der Waals surface area contributed by atoms with Gasteiger partial charge in [0.05, 0.1) is 31.4 Å². The van der Waals surface area contributed by atoms with Crippen molar-refractivity contribution in [3.8, 4) is 11.5 Å². The quantitative estimate of drug-likeness (QED) is 0.392. The third-order valence-corrected chi connectivity index (χ3v) is 7.68. The first-order valence-electron chi connectivity index (χ1n) is 13.2. The van der Waals surface area contributed by atoms with Gasteiger partial charge >= 0.3 is 11.8 Å². The molecule has 3 heterocycles. The van der Waals surface area contributed by atoms with Crippen LogP contribution in [0.4, 0.5) is 27.8 Å². The smallest absolute Gasteiger partial charge is 0.323 e. The minimum Gasteiger partial charge on any atom is -0.487 e. The van der Waals surface area contributed by atoms with Gasteiger partial charge in [-0.25, -0.2) is 14.4 Å². The number of ether oxygens (including phenoxy) is 4. The van der Waals surface area contributed by atoms with Crippen LogP contribution in [-0.4, -0.2) is 61.0 Å². The van der Waals surface area contributed by atoms with E-state index in [1.54, 1.807) is 26.0 Å². The minimum absolute atomic E-state index is 0.0406. The van der Waals surface area contributed by atoms with E-state index in [-0.39, 0.29) is 17.6 Å². The Morgan fingerprint density at radius 2 is 1.75 bits per heavy atom. The molecule has 7 nitrogen and oxygen atoms in total. The number of hydrogen-bond donors (Lipinski definition) is 1. The van der Waals surface area contributed by atoms with Crippen LogP contribution in [0.1, 0.15) is 42.3 Å². The number of nitrogens with zero attached hydrogens (tertiary/aromatic N) is 2. The SMILES string of the molecule is Cc1nc(NC(C)c2cccc(C3C(F)(F)C3(F)F)c2F)c2cc3c(cc2n1)OCCOCC(C1CCOC1)O3. The van der Waals surface area contributed by atoms with Gasteiger partial charge in [0.2, 0.25) is 0 Å². The Kier molecular flexibility index (Phi) is 6.73. The van der Waals surface area contributed by atoms with Crippen LogP contribution in [0.2, 0.25) is 0 Å². The molecule has 12 heteroatoms. The number of halogens is 5. The topological polar surface area (TPSA) is 74.7 Å². The molecule has 2 aromatic carbocycles. The number of benzene rings is 2. The molecule has 1 saturated carbocycles. The number of anilines is 1. The van der Waals surface area contributed by atoms with Crippen LogP contribution in [0, 0.1) is 18.7 Å². The summed E-state index contributed by atoms with van der Waals surface area (Å²) in [6.07, 6.45) is 0.575. The zero-order chi connectivity index (χ0) is 28.2. The maximum absolute atomic E-state index is 15.3. The molecule has 3 unspecified atom stereocenters. The van der Waals surface area contributed by atoms with Crippen LogP contribution >= 0.6 is 0 Å². The summed E-state index contributed by atoms with van der Waals surface area (Å²) in [5, 5.41) is 3.67. The third-order valence-electron chi connectivity index (χ3n) is 7.68. The highest BCUT2D eigenvalue weighted by Crippen LogP contribution is 2.68. The van der Waals surface area contributed by atoms with Gasteiger partial charge in [0, 0.05) is 35.1 Å². The fourth-order valence-corrected chi connectivity index (χ4v) is 5.39. The Morgan fingerprint density at radius 3 is 2.48 bits per heavy atom. The average molecular weight is 566 g/mol. The standard InChI is InChI=1S/C28H28F5N3O4/c1-14(17-4-3-5-18(24(17)29)25-27(30,31)28(25,32)33)34-26-19-10-22-21(11-20(19)35-15(2)36-26)39-9-8-38-13-23(40-22)16-6-7-37-12-16/h3-5,10-11,14,16,23,25H,6-9,12-13H2,1-2H3,(H,34,35,36). The Balaban J connectivity index is 1.34. The molecule has 2 aliphatic heterocycles. The van der Waals surface area contributed by atoms with E-state index in [2.05, 4.69) is 15.3 Å². The zero-order valence-electron chi connectivity index (χ0n) is 21.9. The van der Waals surface area contributed by atoms with E-state index in [0.29, 0.717) is 67.1 Å². The van der Waals surface area contributed by atoms with E-state index in [4.69, 9.17) is 18.9 Å². The van der Waals surface area contributed by atoms with Crippen LogP contribution in [0.3, 0.4) is 0 Å². The van der Waals surface area contributed by atoms with Crippen LogP contribution in [0.15, 0.2) is 30.3 Å². The van der Waals surface area contributed by atoms with Crippen molar-refractivity contribution < 1.29 is 40.9 Å². The molecule has 1 saturated heterocycles. The number of hydrogen-bond acceptors (Lipinski definition) is 7. The predicted octanol–water partition coefficient (Wildman–Crippen LogP) is 5.81. The van der Waals surface area contributed by atoms with E-state index in [1.807, 2.05) is 0 Å². The van der Waals surface area contributed by atoms with E-state index in [9.17, 15) is 17.6 Å². The number of aromatic nitrogens is 2. The molecule has 40 heavy (non-hydrogen) atoms.